The summed E-state index contributed by atoms with van der Waals surface area (Å²) in [4.78, 5) is 15.5. The monoisotopic (exact) mass is 348 g/mol. The summed E-state index contributed by atoms with van der Waals surface area (Å²) < 4.78 is 0. The lowest BCUT2D eigenvalue weighted by Crippen LogP contribution is -2.67. The first-order valence-electron chi connectivity index (χ1n) is 9.86. The van der Waals surface area contributed by atoms with Gasteiger partial charge in [0.2, 0.25) is 0 Å². The molecule has 2 saturated heterocycles. The Kier molecular flexibility index (Phi) is 4.82. The van der Waals surface area contributed by atoms with Crippen LogP contribution >= 0.6 is 0 Å². The number of nitrogens with zero attached hydrogens (tertiary/aromatic N) is 1. The van der Waals surface area contributed by atoms with Crippen molar-refractivity contribution in [1.29, 1.82) is 0 Å². The molecule has 2 heterocycles. The number of rotatable bonds is 4. The minimum Gasteiger partial charge on any atom is -0.334 e. The quantitative estimate of drug-likeness (QED) is 0.871. The first kappa shape index (κ1) is 17.3. The fourth-order valence-electron chi connectivity index (χ4n) is 4.72. The van der Waals surface area contributed by atoms with Crippen LogP contribution in [0.25, 0.3) is 0 Å². The lowest BCUT2D eigenvalue weighted by molar-refractivity contribution is -0.0623. The van der Waals surface area contributed by atoms with Crippen LogP contribution in [0.4, 0.5) is 0 Å². The highest BCUT2D eigenvalue weighted by Gasteiger charge is 2.46. The van der Waals surface area contributed by atoms with E-state index in [1.165, 1.54) is 36.8 Å². The number of fused-ring (bicyclic) bond motifs is 2. The van der Waals surface area contributed by atoms with Crippen molar-refractivity contribution in [3.8, 4) is 0 Å². The maximum atomic E-state index is 12.9. The molecule has 0 spiro atoms. The average molecular weight is 348 g/mol. The van der Waals surface area contributed by atoms with Crippen molar-refractivity contribution in [2.75, 3.05) is 0 Å². The molecule has 0 unspecified atom stereocenters. The van der Waals surface area contributed by atoms with Crippen LogP contribution in [0, 0.1) is 6.92 Å². The molecule has 3 nitrogen and oxygen atoms in total. The molecule has 4 rings (SSSR count). The van der Waals surface area contributed by atoms with Crippen LogP contribution in [-0.4, -0.2) is 22.5 Å². The number of amides is 1. The van der Waals surface area contributed by atoms with Crippen molar-refractivity contribution in [3.63, 3.8) is 0 Å². The highest BCUT2D eigenvalue weighted by atomic mass is 16.2. The Morgan fingerprint density at radius 1 is 1.04 bits per heavy atom. The van der Waals surface area contributed by atoms with E-state index >= 15 is 0 Å². The fourth-order valence-corrected chi connectivity index (χ4v) is 4.72. The van der Waals surface area contributed by atoms with E-state index in [1.54, 1.807) is 0 Å². The largest absolute Gasteiger partial charge is 0.334 e. The highest BCUT2D eigenvalue weighted by molar-refractivity contribution is 5.94. The van der Waals surface area contributed by atoms with E-state index in [0.29, 0.717) is 6.04 Å². The molecule has 0 saturated carbocycles. The molecule has 0 atom stereocenters. The van der Waals surface area contributed by atoms with Crippen LogP contribution in [0.2, 0.25) is 0 Å². The van der Waals surface area contributed by atoms with Crippen molar-refractivity contribution in [1.82, 2.24) is 10.2 Å². The minimum absolute atomic E-state index is 0.0575. The number of hydrogen-bond acceptors (Lipinski definition) is 2. The molecular weight excluding hydrogens is 320 g/mol. The lowest BCUT2D eigenvalue weighted by Gasteiger charge is -2.55. The van der Waals surface area contributed by atoms with Crippen LogP contribution in [-0.2, 0) is 6.54 Å². The van der Waals surface area contributed by atoms with Crippen molar-refractivity contribution in [3.05, 3.63) is 71.3 Å². The molecule has 26 heavy (non-hydrogen) atoms. The van der Waals surface area contributed by atoms with Crippen LogP contribution in [0.15, 0.2) is 54.6 Å². The summed E-state index contributed by atoms with van der Waals surface area (Å²) in [7, 11) is 0. The van der Waals surface area contributed by atoms with Crippen LogP contribution in [0.1, 0.15) is 60.0 Å². The minimum atomic E-state index is -0.195. The predicted molar refractivity (Wildman–Crippen MR) is 105 cm³/mol. The maximum Gasteiger partial charge on any atom is 0.252 e. The van der Waals surface area contributed by atoms with E-state index < -0.39 is 0 Å². The first-order valence-corrected chi connectivity index (χ1v) is 9.86. The molecular formula is C23H28N2O. The number of nitrogens with one attached hydrogen (secondary N) is 1. The molecule has 2 fully saturated rings. The van der Waals surface area contributed by atoms with Gasteiger partial charge in [0.15, 0.2) is 0 Å². The summed E-state index contributed by atoms with van der Waals surface area (Å²) in [5.74, 6) is 0.0575. The van der Waals surface area contributed by atoms with E-state index in [9.17, 15) is 4.79 Å². The van der Waals surface area contributed by atoms with Gasteiger partial charge in [-0.25, -0.2) is 0 Å². The molecule has 1 N–H and O–H groups in total. The van der Waals surface area contributed by atoms with Gasteiger partial charge in [-0.05, 0) is 63.1 Å². The predicted octanol–water partition coefficient (Wildman–Crippen LogP) is 4.66. The normalized spacial score (nSPS) is 25.7. The number of hydrogen-bond donors (Lipinski definition) is 1. The molecule has 136 valence electrons. The number of carbonyl (C=O) groups is 1. The van der Waals surface area contributed by atoms with Gasteiger partial charge in [0.05, 0.1) is 5.66 Å². The summed E-state index contributed by atoms with van der Waals surface area (Å²) in [5, 5.41) is 3.45. The zero-order chi connectivity index (χ0) is 18.0. The van der Waals surface area contributed by atoms with E-state index in [-0.39, 0.29) is 11.6 Å². The van der Waals surface area contributed by atoms with E-state index in [4.69, 9.17) is 0 Å². The second-order valence-corrected chi connectivity index (χ2v) is 7.90. The Bertz CT molecular complexity index is 744. The molecule has 2 bridgehead atoms. The number of aryl methyl sites for hydroxylation is 1. The third-order valence-electron chi connectivity index (χ3n) is 6.10. The number of piperidine rings is 2. The number of benzene rings is 2. The van der Waals surface area contributed by atoms with E-state index in [0.717, 1.165) is 24.9 Å². The SMILES string of the molecule is Cc1ccc(CN2C3CCCC2(NC(=O)c2ccccc2)CCC3)cc1. The van der Waals surface area contributed by atoms with Gasteiger partial charge in [-0.1, -0.05) is 48.0 Å². The van der Waals surface area contributed by atoms with Gasteiger partial charge < -0.3 is 5.32 Å². The Hall–Kier alpha value is -2.13. The molecule has 3 heteroatoms. The van der Waals surface area contributed by atoms with E-state index in [1.807, 2.05) is 30.3 Å². The molecule has 1 amide bonds. The van der Waals surface area contributed by atoms with Gasteiger partial charge in [-0.15, -0.1) is 0 Å². The zero-order valence-corrected chi connectivity index (χ0v) is 15.6. The molecule has 2 aliphatic heterocycles. The third kappa shape index (κ3) is 3.41. The van der Waals surface area contributed by atoms with Crippen LogP contribution in [0.3, 0.4) is 0 Å². The second-order valence-electron chi connectivity index (χ2n) is 7.90. The Balaban J connectivity index is 1.59. The molecule has 2 aliphatic rings. The third-order valence-corrected chi connectivity index (χ3v) is 6.10. The molecule has 0 radical (unpaired) electrons. The summed E-state index contributed by atoms with van der Waals surface area (Å²) >= 11 is 0. The Labute approximate surface area is 156 Å². The Morgan fingerprint density at radius 3 is 2.35 bits per heavy atom. The van der Waals surface area contributed by atoms with Crippen LogP contribution in [0.5, 0.6) is 0 Å². The van der Waals surface area contributed by atoms with Gasteiger partial charge in [-0.2, -0.15) is 0 Å². The van der Waals surface area contributed by atoms with Gasteiger partial charge in [-0.3, -0.25) is 9.69 Å². The first-order chi connectivity index (χ1) is 12.7. The summed E-state index contributed by atoms with van der Waals surface area (Å²) in [6, 6.07) is 19.0. The average Bonchev–Trinajstić information content (AvgIpc) is 2.65. The fraction of sp³-hybridized carbons (Fsp3) is 0.435. The standard InChI is InChI=1S/C23H28N2O/c1-18-11-13-19(14-12-18)17-25-21-9-5-15-23(25,16-6-10-21)24-22(26)20-7-3-2-4-8-20/h2-4,7-8,11-14,21H,5-6,9-10,15-17H2,1H3,(H,24,26). The molecule has 2 aromatic carbocycles. The van der Waals surface area contributed by atoms with Gasteiger partial charge in [0.1, 0.15) is 0 Å². The maximum absolute atomic E-state index is 12.9. The number of carbonyl (C=O) groups excluding carboxylic acids is 1. The van der Waals surface area contributed by atoms with Crippen LogP contribution < -0.4 is 5.32 Å². The van der Waals surface area contributed by atoms with Gasteiger partial charge in [0, 0.05) is 18.2 Å². The van der Waals surface area contributed by atoms with Crippen molar-refractivity contribution in [2.45, 2.75) is 63.7 Å². The highest BCUT2D eigenvalue weighted by Crippen LogP contribution is 2.41. The van der Waals surface area contributed by atoms with Gasteiger partial charge >= 0.3 is 0 Å². The van der Waals surface area contributed by atoms with Crippen molar-refractivity contribution in [2.24, 2.45) is 0 Å². The van der Waals surface area contributed by atoms with E-state index in [2.05, 4.69) is 41.4 Å². The lowest BCUT2D eigenvalue weighted by atomic mass is 9.79. The van der Waals surface area contributed by atoms with Crippen molar-refractivity contribution < 1.29 is 4.79 Å². The summed E-state index contributed by atoms with van der Waals surface area (Å²) in [5.41, 5.74) is 3.19. The summed E-state index contributed by atoms with van der Waals surface area (Å²) in [6.45, 7) is 3.04. The second kappa shape index (κ2) is 7.24. The molecule has 2 aromatic rings. The summed E-state index contributed by atoms with van der Waals surface area (Å²) in [6.07, 6.45) is 6.99. The Morgan fingerprint density at radius 2 is 1.69 bits per heavy atom. The smallest absolute Gasteiger partial charge is 0.252 e. The topological polar surface area (TPSA) is 32.3 Å². The molecule has 0 aromatic heterocycles. The molecule has 0 aliphatic carbocycles. The van der Waals surface area contributed by atoms with Crippen molar-refractivity contribution >= 4 is 5.91 Å². The van der Waals surface area contributed by atoms with Gasteiger partial charge in [0.25, 0.3) is 5.91 Å². The zero-order valence-electron chi connectivity index (χ0n) is 15.6.